The molecule has 1 atom stereocenters. The zero-order chi connectivity index (χ0) is 14.3. The van der Waals surface area contributed by atoms with Crippen LogP contribution in [0.5, 0.6) is 0 Å². The molecule has 0 amide bonds. The molecule has 6 heteroatoms. The van der Waals surface area contributed by atoms with E-state index in [0.29, 0.717) is 11.3 Å². The Balaban J connectivity index is 2.19. The van der Waals surface area contributed by atoms with Gasteiger partial charge in [-0.1, -0.05) is 42.1 Å². The third kappa shape index (κ3) is 7.20. The molecule has 0 aliphatic rings. The molecule has 1 rings (SSSR count). The minimum atomic E-state index is -4.47. The van der Waals surface area contributed by atoms with Crippen LogP contribution in [-0.2, 0) is 0 Å². The van der Waals surface area contributed by atoms with Crippen molar-refractivity contribution < 1.29 is 22.4 Å². The number of hydrogen-bond donors (Lipinski definition) is 0. The summed E-state index contributed by atoms with van der Waals surface area (Å²) >= 11 is 1.00. The van der Waals surface area contributed by atoms with Gasteiger partial charge < -0.3 is 0 Å². The van der Waals surface area contributed by atoms with Gasteiger partial charge in [0, 0.05) is 11.3 Å². The molecule has 0 fully saturated rings. The molecule has 0 aromatic heterocycles. The highest BCUT2D eigenvalue weighted by Gasteiger charge is 2.31. The van der Waals surface area contributed by atoms with Crippen LogP contribution in [0.25, 0.3) is 0 Å². The average Bonchev–Trinajstić information content (AvgIpc) is 2.33. The molecule has 106 valence electrons. The summed E-state index contributed by atoms with van der Waals surface area (Å²) in [5.41, 5.74) is 0.541. The number of thioether (sulfide) groups is 1. The Hall–Kier alpha value is -1.04. The maximum Gasteiger partial charge on any atom is 0.391 e. The Bertz CT molecular complexity index is 391. The van der Waals surface area contributed by atoms with Crippen molar-refractivity contribution in [2.24, 2.45) is 0 Å². The first-order valence-corrected chi connectivity index (χ1v) is 6.80. The molecule has 0 N–H and O–H groups in total. The van der Waals surface area contributed by atoms with Gasteiger partial charge >= 0.3 is 6.18 Å². The lowest BCUT2D eigenvalue weighted by Crippen LogP contribution is -2.16. The Morgan fingerprint density at radius 3 is 2.42 bits per heavy atom. The van der Waals surface area contributed by atoms with Crippen molar-refractivity contribution in [1.82, 2.24) is 0 Å². The molecular weight excluding hydrogens is 280 g/mol. The molecule has 19 heavy (non-hydrogen) atoms. The predicted octanol–water partition coefficient (Wildman–Crippen LogP) is 4.63. The van der Waals surface area contributed by atoms with Crippen molar-refractivity contribution in [1.29, 1.82) is 0 Å². The first kappa shape index (κ1) is 16.0. The smallest absolute Gasteiger partial charge is 0.282 e. The Morgan fingerprint density at radius 1 is 1.21 bits per heavy atom. The van der Waals surface area contributed by atoms with Crippen molar-refractivity contribution >= 4 is 16.9 Å². The van der Waals surface area contributed by atoms with Gasteiger partial charge in [-0.25, -0.2) is 4.39 Å². The van der Waals surface area contributed by atoms with Crippen LogP contribution >= 0.6 is 11.8 Å². The van der Waals surface area contributed by atoms with Crippen molar-refractivity contribution in [3.05, 3.63) is 35.9 Å². The van der Waals surface area contributed by atoms with Gasteiger partial charge in [-0.3, -0.25) is 4.79 Å². The van der Waals surface area contributed by atoms with Crippen molar-refractivity contribution in [3.63, 3.8) is 0 Å². The van der Waals surface area contributed by atoms with E-state index in [2.05, 4.69) is 0 Å². The van der Waals surface area contributed by atoms with Crippen molar-refractivity contribution in [3.8, 4) is 0 Å². The third-order valence-electron chi connectivity index (χ3n) is 2.36. The molecule has 0 radical (unpaired) electrons. The first-order chi connectivity index (χ1) is 8.88. The monoisotopic (exact) mass is 294 g/mol. The zero-order valence-electron chi connectivity index (χ0n) is 10.1. The van der Waals surface area contributed by atoms with Gasteiger partial charge in [0.25, 0.3) is 0 Å². The molecule has 1 unspecified atom stereocenters. The summed E-state index contributed by atoms with van der Waals surface area (Å²) in [6, 6.07) is 8.57. The summed E-state index contributed by atoms with van der Waals surface area (Å²) in [6.45, 7) is 0. The van der Waals surface area contributed by atoms with Gasteiger partial charge in [-0.05, 0) is 12.8 Å². The molecule has 0 spiro atoms. The molecule has 0 heterocycles. The normalized spacial score (nSPS) is 13.3. The molecule has 0 aliphatic carbocycles. The number of alkyl halides is 4. The lowest BCUT2D eigenvalue weighted by atomic mass is 10.2. The Kier molecular flexibility index (Phi) is 6.34. The van der Waals surface area contributed by atoms with Gasteiger partial charge in [0.2, 0.25) is 5.12 Å². The summed E-state index contributed by atoms with van der Waals surface area (Å²) in [5, 5.41) is -0.146. The highest BCUT2D eigenvalue weighted by molar-refractivity contribution is 8.14. The van der Waals surface area contributed by atoms with E-state index in [4.69, 9.17) is 0 Å². The minimum Gasteiger partial charge on any atom is -0.282 e. The summed E-state index contributed by atoms with van der Waals surface area (Å²) in [6.07, 6.45) is -7.68. The van der Waals surface area contributed by atoms with Crippen LogP contribution in [0.2, 0.25) is 0 Å². The summed E-state index contributed by atoms with van der Waals surface area (Å²) in [4.78, 5) is 11.6. The van der Waals surface area contributed by atoms with Crippen LogP contribution in [0.3, 0.4) is 0 Å². The van der Waals surface area contributed by atoms with E-state index >= 15 is 0 Å². The number of carbonyl (C=O) groups excluding carboxylic acids is 1. The number of hydrogen-bond acceptors (Lipinski definition) is 2. The van der Waals surface area contributed by atoms with Gasteiger partial charge in [0.15, 0.2) is 0 Å². The maximum atomic E-state index is 12.9. The summed E-state index contributed by atoms with van der Waals surface area (Å²) in [7, 11) is 0. The first-order valence-electron chi connectivity index (χ1n) is 5.81. The lowest BCUT2D eigenvalue weighted by molar-refractivity contribution is -0.146. The SMILES string of the molecule is O=C(SCCCC(F)CC(F)(F)F)c1ccccc1. The van der Waals surface area contributed by atoms with Crippen molar-refractivity contribution in [2.45, 2.75) is 31.6 Å². The van der Waals surface area contributed by atoms with E-state index in [0.717, 1.165) is 11.8 Å². The van der Waals surface area contributed by atoms with Crippen molar-refractivity contribution in [2.75, 3.05) is 5.75 Å². The highest BCUT2D eigenvalue weighted by Crippen LogP contribution is 2.25. The zero-order valence-corrected chi connectivity index (χ0v) is 10.9. The molecule has 0 aliphatic heterocycles. The molecule has 0 saturated heterocycles. The topological polar surface area (TPSA) is 17.1 Å². The average molecular weight is 294 g/mol. The Morgan fingerprint density at radius 2 is 1.84 bits per heavy atom. The quantitative estimate of drug-likeness (QED) is 0.562. The standard InChI is InChI=1S/C13H14F4OS/c14-11(9-13(15,16)17)7-4-8-19-12(18)10-5-2-1-3-6-10/h1-3,5-6,11H,4,7-9H2. The maximum absolute atomic E-state index is 12.9. The molecule has 1 aromatic carbocycles. The van der Waals surface area contributed by atoms with E-state index < -0.39 is 18.8 Å². The number of rotatable bonds is 6. The molecule has 0 saturated carbocycles. The fourth-order valence-corrected chi connectivity index (χ4v) is 2.28. The largest absolute Gasteiger partial charge is 0.391 e. The summed E-state index contributed by atoms with van der Waals surface area (Å²) < 4.78 is 48.5. The van der Waals surface area contributed by atoms with Gasteiger partial charge in [-0.2, -0.15) is 13.2 Å². The number of carbonyl (C=O) groups is 1. The van der Waals surface area contributed by atoms with E-state index in [1.807, 2.05) is 0 Å². The van der Waals surface area contributed by atoms with Crippen LogP contribution in [-0.4, -0.2) is 23.2 Å². The van der Waals surface area contributed by atoms with E-state index in [9.17, 15) is 22.4 Å². The second kappa shape index (κ2) is 7.53. The molecule has 1 aromatic rings. The van der Waals surface area contributed by atoms with Crippen LogP contribution < -0.4 is 0 Å². The molecule has 1 nitrogen and oxygen atoms in total. The predicted molar refractivity (Wildman–Crippen MR) is 68.0 cm³/mol. The van der Waals surface area contributed by atoms with Gasteiger partial charge in [0.05, 0.1) is 6.42 Å². The van der Waals surface area contributed by atoms with E-state index in [-0.39, 0.29) is 18.0 Å². The van der Waals surface area contributed by atoms with E-state index in [1.54, 1.807) is 30.3 Å². The molecule has 0 bridgehead atoms. The van der Waals surface area contributed by atoms with Gasteiger partial charge in [-0.15, -0.1) is 0 Å². The highest BCUT2D eigenvalue weighted by atomic mass is 32.2. The second-order valence-electron chi connectivity index (χ2n) is 4.06. The van der Waals surface area contributed by atoms with Crippen LogP contribution in [0.1, 0.15) is 29.6 Å². The molecular formula is C13H14F4OS. The van der Waals surface area contributed by atoms with Gasteiger partial charge in [0.1, 0.15) is 6.17 Å². The van der Waals surface area contributed by atoms with E-state index in [1.165, 1.54) is 0 Å². The van der Waals surface area contributed by atoms with Crippen LogP contribution in [0.4, 0.5) is 17.6 Å². The lowest BCUT2D eigenvalue weighted by Gasteiger charge is -2.10. The van der Waals surface area contributed by atoms with Crippen LogP contribution in [0, 0.1) is 0 Å². The minimum absolute atomic E-state index is 0.146. The van der Waals surface area contributed by atoms with Crippen LogP contribution in [0.15, 0.2) is 30.3 Å². The fourth-order valence-electron chi connectivity index (χ4n) is 1.48. The summed E-state index contributed by atoms with van der Waals surface area (Å²) in [5.74, 6) is 0.325. The fraction of sp³-hybridized carbons (Fsp3) is 0.462. The third-order valence-corrected chi connectivity index (χ3v) is 3.35. The number of benzene rings is 1. The Labute approximate surface area is 113 Å². The number of halogens is 4. The second-order valence-corrected chi connectivity index (χ2v) is 5.13.